The van der Waals surface area contributed by atoms with E-state index in [9.17, 15) is 0 Å². The summed E-state index contributed by atoms with van der Waals surface area (Å²) in [5.41, 5.74) is 3.75. The first-order valence-corrected chi connectivity index (χ1v) is 8.17. The van der Waals surface area contributed by atoms with Gasteiger partial charge in [-0.2, -0.15) is 0 Å². The molecule has 0 radical (unpaired) electrons. The normalized spacial score (nSPS) is 18.5. The van der Waals surface area contributed by atoms with E-state index in [-0.39, 0.29) is 24.8 Å². The van der Waals surface area contributed by atoms with Crippen LogP contribution in [0.3, 0.4) is 0 Å². The van der Waals surface area contributed by atoms with Crippen LogP contribution in [0.4, 0.5) is 0 Å². The molecule has 112 valence electrons. The molecule has 0 unspecified atom stereocenters. The molecule has 0 amide bonds. The Morgan fingerprint density at radius 3 is 2.36 bits per heavy atom. The number of benzene rings is 1. The van der Waals surface area contributed by atoms with E-state index in [1.54, 1.807) is 0 Å². The summed E-state index contributed by atoms with van der Waals surface area (Å²) in [6, 6.07) is 8.48. The van der Waals surface area contributed by atoms with Crippen molar-refractivity contribution < 1.29 is 23.5 Å². The van der Waals surface area contributed by atoms with Gasteiger partial charge in [0.2, 0.25) is 0 Å². The van der Waals surface area contributed by atoms with E-state index >= 15 is 0 Å². The maximum Gasteiger partial charge on any atom is 1.00 e. The number of allylic oxidation sites excluding steroid dienone is 3. The van der Waals surface area contributed by atoms with Crippen LogP contribution in [0.1, 0.15) is 31.9 Å². The topological polar surface area (TPSA) is 9.23 Å². The van der Waals surface area contributed by atoms with Gasteiger partial charge in [0.25, 0.3) is 0 Å². The van der Waals surface area contributed by atoms with Crippen LogP contribution in [0.5, 0.6) is 0 Å². The Bertz CT molecular complexity index is 550. The molecule has 1 aliphatic carbocycles. The molecule has 3 heteroatoms. The van der Waals surface area contributed by atoms with E-state index in [0.29, 0.717) is 0 Å². The Hall–Kier alpha value is -1.10. The molecule has 2 rings (SSSR count). The van der Waals surface area contributed by atoms with Gasteiger partial charge < -0.3 is 4.65 Å². The van der Waals surface area contributed by atoms with E-state index < -0.39 is 6.35 Å². The van der Waals surface area contributed by atoms with Gasteiger partial charge in [-0.05, 0) is 11.1 Å². The Kier molecular flexibility index (Phi) is 7.33. The summed E-state index contributed by atoms with van der Waals surface area (Å²) in [5, 5.41) is 0. The molecular weight excluding hydrogens is 262 g/mol. The molecule has 0 aromatic heterocycles. The summed E-state index contributed by atoms with van der Waals surface area (Å²) in [4.78, 5) is 0. The second kappa shape index (κ2) is 8.51. The Morgan fingerprint density at radius 2 is 1.77 bits per heavy atom. The maximum absolute atomic E-state index is 6.32. The van der Waals surface area contributed by atoms with Crippen molar-refractivity contribution in [3.8, 4) is 0 Å². The molecule has 0 N–H and O–H groups in total. The Morgan fingerprint density at radius 1 is 1.14 bits per heavy atom. The van der Waals surface area contributed by atoms with Crippen LogP contribution >= 0.6 is 0 Å². The summed E-state index contributed by atoms with van der Waals surface area (Å²) in [6.07, 6.45) is 10.9. The third-order valence-electron chi connectivity index (χ3n) is 5.08. The minimum atomic E-state index is -0.746. The van der Waals surface area contributed by atoms with Crippen LogP contribution in [-0.4, -0.2) is 6.35 Å². The van der Waals surface area contributed by atoms with Crippen LogP contribution in [0.15, 0.2) is 49.3 Å². The molecule has 0 saturated carbocycles. The minimum absolute atomic E-state index is 0. The quantitative estimate of drug-likeness (QED) is 0.444. The van der Waals surface area contributed by atoms with Gasteiger partial charge in [-0.3, -0.25) is 0 Å². The third-order valence-corrected chi connectivity index (χ3v) is 5.08. The van der Waals surface area contributed by atoms with Crippen LogP contribution in [0.25, 0.3) is 11.6 Å². The molecule has 0 saturated heterocycles. The largest absolute Gasteiger partial charge is 1.00 e. The van der Waals surface area contributed by atoms with Crippen LogP contribution in [0, 0.1) is 5.92 Å². The second-order valence-electron chi connectivity index (χ2n) is 6.01. The number of hydrogen-bond donors (Lipinski definition) is 0. The van der Waals surface area contributed by atoms with Crippen molar-refractivity contribution in [1.82, 2.24) is 0 Å². The second-order valence-corrected chi connectivity index (χ2v) is 6.01. The average Bonchev–Trinajstić information content (AvgIpc) is 2.56. The van der Waals surface area contributed by atoms with Crippen molar-refractivity contribution in [2.24, 2.45) is 5.92 Å². The van der Waals surface area contributed by atoms with Crippen molar-refractivity contribution in [2.75, 3.05) is 0 Å². The number of hydrogen-bond acceptors (Lipinski definition) is 1. The van der Waals surface area contributed by atoms with Gasteiger partial charge in [-0.15, -0.1) is 25.5 Å². The smallest absolute Gasteiger partial charge is 0.718 e. The van der Waals surface area contributed by atoms with Crippen LogP contribution < -0.4 is 18.9 Å². The zero-order valence-electron chi connectivity index (χ0n) is 14.5. The average molecular weight is 288 g/mol. The zero-order chi connectivity index (χ0) is 15.3. The molecule has 0 aliphatic heterocycles. The third kappa shape index (κ3) is 3.80. The Labute approximate surface area is 147 Å². The SMILES string of the molecule is C=C[C@H]1C=Cc2ccccc2/C1=C\O[B-](CC)(CC)CC.[Li+]. The molecule has 1 nitrogen and oxygen atoms in total. The van der Waals surface area contributed by atoms with Crippen LogP contribution in [-0.2, 0) is 4.65 Å². The van der Waals surface area contributed by atoms with Crippen molar-refractivity contribution in [1.29, 1.82) is 0 Å². The predicted octanol–water partition coefficient (Wildman–Crippen LogP) is 2.88. The van der Waals surface area contributed by atoms with Crippen molar-refractivity contribution in [3.63, 3.8) is 0 Å². The Balaban J connectivity index is 0.00000242. The molecule has 1 atom stereocenters. The first kappa shape index (κ1) is 19.0. The maximum atomic E-state index is 6.32. The van der Waals surface area contributed by atoms with E-state index in [1.807, 2.05) is 12.3 Å². The fourth-order valence-electron chi connectivity index (χ4n) is 3.12. The molecule has 1 aromatic rings. The zero-order valence-corrected chi connectivity index (χ0v) is 14.5. The summed E-state index contributed by atoms with van der Waals surface area (Å²) < 4.78 is 6.32. The van der Waals surface area contributed by atoms with E-state index in [2.05, 4.69) is 63.8 Å². The van der Waals surface area contributed by atoms with Gasteiger partial charge in [0.05, 0.1) is 0 Å². The standard InChI is InChI=1S/C19H26BO.Li/c1-5-16-13-14-17-11-9-10-12-18(17)19(16)15-21-20(6-2,7-3)8-4;/h5,9-16H,1,6-8H2,2-4H3;/q-1;+1/b19-15-;/t16-;/m0./s1. The fraction of sp³-hybridized carbons (Fsp3) is 0.368. The summed E-state index contributed by atoms with van der Waals surface area (Å²) in [6.45, 7) is 10.7. The molecule has 0 bridgehead atoms. The van der Waals surface area contributed by atoms with Gasteiger partial charge in [-0.25, -0.2) is 0 Å². The van der Waals surface area contributed by atoms with Crippen molar-refractivity contribution >= 4 is 18.0 Å². The monoisotopic (exact) mass is 288 g/mol. The first-order chi connectivity index (χ1) is 10.2. The van der Waals surface area contributed by atoms with E-state index in [0.717, 1.165) is 19.0 Å². The number of rotatable bonds is 6. The van der Waals surface area contributed by atoms with Gasteiger partial charge in [0.15, 0.2) is 6.35 Å². The van der Waals surface area contributed by atoms with E-state index in [4.69, 9.17) is 4.65 Å². The molecule has 22 heavy (non-hydrogen) atoms. The van der Waals surface area contributed by atoms with Gasteiger partial charge in [0, 0.05) is 17.8 Å². The van der Waals surface area contributed by atoms with E-state index in [1.165, 1.54) is 16.7 Å². The minimum Gasteiger partial charge on any atom is -0.718 e. The van der Waals surface area contributed by atoms with Crippen molar-refractivity contribution in [3.05, 3.63) is 60.4 Å². The molecule has 0 heterocycles. The molecular formula is C19H26BLiO. The van der Waals surface area contributed by atoms with Gasteiger partial charge >= 0.3 is 18.9 Å². The predicted molar refractivity (Wildman–Crippen MR) is 95.4 cm³/mol. The summed E-state index contributed by atoms with van der Waals surface area (Å²) >= 11 is 0. The molecule has 1 aromatic carbocycles. The molecule has 0 spiro atoms. The summed E-state index contributed by atoms with van der Waals surface area (Å²) in [7, 11) is 0. The van der Waals surface area contributed by atoms with Gasteiger partial charge in [0.1, 0.15) is 0 Å². The first-order valence-electron chi connectivity index (χ1n) is 8.17. The molecule has 0 fully saturated rings. The molecule has 1 aliphatic rings. The van der Waals surface area contributed by atoms with Gasteiger partial charge in [-0.1, -0.05) is 63.3 Å². The van der Waals surface area contributed by atoms with Crippen LogP contribution in [0.2, 0.25) is 19.0 Å². The number of fused-ring (bicyclic) bond motifs is 1. The van der Waals surface area contributed by atoms with Crippen molar-refractivity contribution in [2.45, 2.75) is 39.7 Å². The summed E-state index contributed by atoms with van der Waals surface area (Å²) in [5.74, 6) is 0.235. The fourth-order valence-corrected chi connectivity index (χ4v) is 3.12.